The van der Waals surface area contributed by atoms with Crippen LogP contribution in [0.1, 0.15) is 25.7 Å². The lowest BCUT2D eigenvalue weighted by Gasteiger charge is -2.33. The Morgan fingerprint density at radius 3 is 1.91 bits per heavy atom. The highest BCUT2D eigenvalue weighted by Gasteiger charge is 2.48. The lowest BCUT2D eigenvalue weighted by atomic mass is 9.90. The SMILES string of the molecule is CS(=O)(=O)c1ccc(S(=O)(=O)N2CCC(C3(O)CC3)CC2)cc1. The van der Waals surface area contributed by atoms with Crippen molar-refractivity contribution < 1.29 is 21.9 Å². The molecule has 1 aliphatic heterocycles. The van der Waals surface area contributed by atoms with Crippen LogP contribution in [0.15, 0.2) is 34.1 Å². The van der Waals surface area contributed by atoms with Crippen LogP contribution in [0.2, 0.25) is 0 Å². The summed E-state index contributed by atoms with van der Waals surface area (Å²) in [6.07, 6.45) is 4.05. The average Bonchev–Trinajstić information content (AvgIpc) is 3.26. The monoisotopic (exact) mass is 359 g/mol. The highest BCUT2D eigenvalue weighted by atomic mass is 32.2. The second-order valence-electron chi connectivity index (χ2n) is 6.53. The number of piperidine rings is 1. The summed E-state index contributed by atoms with van der Waals surface area (Å²) >= 11 is 0. The van der Waals surface area contributed by atoms with Gasteiger partial charge in [-0.2, -0.15) is 4.31 Å². The van der Waals surface area contributed by atoms with Crippen molar-refractivity contribution in [3.05, 3.63) is 24.3 Å². The number of sulfonamides is 1. The molecular weight excluding hydrogens is 338 g/mol. The summed E-state index contributed by atoms with van der Waals surface area (Å²) in [5.74, 6) is 0.182. The second kappa shape index (κ2) is 5.54. The summed E-state index contributed by atoms with van der Waals surface area (Å²) in [5.41, 5.74) is -0.563. The zero-order valence-electron chi connectivity index (χ0n) is 13.0. The molecule has 8 heteroatoms. The molecule has 1 saturated heterocycles. The van der Waals surface area contributed by atoms with Crippen molar-refractivity contribution in [1.82, 2.24) is 4.31 Å². The number of aliphatic hydroxyl groups is 1. The van der Waals surface area contributed by atoms with E-state index in [2.05, 4.69) is 0 Å². The van der Waals surface area contributed by atoms with Crippen LogP contribution < -0.4 is 0 Å². The first-order valence-electron chi connectivity index (χ1n) is 7.66. The third kappa shape index (κ3) is 3.31. The van der Waals surface area contributed by atoms with Gasteiger partial charge in [0.25, 0.3) is 0 Å². The molecule has 1 aromatic rings. The minimum Gasteiger partial charge on any atom is -0.390 e. The van der Waals surface area contributed by atoms with Crippen molar-refractivity contribution in [3.63, 3.8) is 0 Å². The van der Waals surface area contributed by atoms with Crippen LogP contribution >= 0.6 is 0 Å². The molecule has 1 aromatic carbocycles. The molecule has 0 radical (unpaired) electrons. The van der Waals surface area contributed by atoms with Gasteiger partial charge in [-0.1, -0.05) is 0 Å². The van der Waals surface area contributed by atoms with Crippen molar-refractivity contribution in [2.75, 3.05) is 19.3 Å². The first-order chi connectivity index (χ1) is 10.6. The number of rotatable bonds is 4. The number of hydrogen-bond donors (Lipinski definition) is 1. The van der Waals surface area contributed by atoms with Gasteiger partial charge in [0.15, 0.2) is 9.84 Å². The normalized spacial score (nSPS) is 22.9. The Balaban J connectivity index is 1.74. The standard InChI is InChI=1S/C15H21NO5S2/c1-22(18,19)13-2-4-14(5-3-13)23(20,21)16-10-6-12(7-11-16)15(17)8-9-15/h2-5,12,17H,6-11H2,1H3. The third-order valence-corrected chi connectivity index (χ3v) is 7.91. The summed E-state index contributed by atoms with van der Waals surface area (Å²) in [6.45, 7) is 0.784. The van der Waals surface area contributed by atoms with E-state index in [4.69, 9.17) is 0 Å². The maximum Gasteiger partial charge on any atom is 0.243 e. The minimum atomic E-state index is -3.62. The van der Waals surface area contributed by atoms with Gasteiger partial charge >= 0.3 is 0 Å². The van der Waals surface area contributed by atoms with E-state index in [1.165, 1.54) is 28.6 Å². The number of hydrogen-bond acceptors (Lipinski definition) is 5. The highest BCUT2D eigenvalue weighted by Crippen LogP contribution is 2.46. The van der Waals surface area contributed by atoms with Crippen LogP contribution in [-0.2, 0) is 19.9 Å². The van der Waals surface area contributed by atoms with E-state index in [0.29, 0.717) is 25.9 Å². The fraction of sp³-hybridized carbons (Fsp3) is 0.600. The quantitative estimate of drug-likeness (QED) is 0.866. The average molecular weight is 359 g/mol. The van der Waals surface area contributed by atoms with Crippen LogP contribution in [0.25, 0.3) is 0 Å². The molecule has 1 aliphatic carbocycles. The van der Waals surface area contributed by atoms with Gasteiger partial charge in [0.1, 0.15) is 0 Å². The van der Waals surface area contributed by atoms with E-state index < -0.39 is 25.5 Å². The van der Waals surface area contributed by atoms with Gasteiger partial charge in [-0.05, 0) is 55.9 Å². The molecule has 2 aliphatic rings. The predicted octanol–water partition coefficient (Wildman–Crippen LogP) is 1.02. The Hall–Kier alpha value is -0.960. The zero-order chi connectivity index (χ0) is 16.9. The Morgan fingerprint density at radius 1 is 1.00 bits per heavy atom. The van der Waals surface area contributed by atoms with Crippen molar-refractivity contribution in [3.8, 4) is 0 Å². The Labute approximate surface area is 137 Å². The molecule has 128 valence electrons. The molecule has 0 atom stereocenters. The minimum absolute atomic E-state index is 0.103. The van der Waals surface area contributed by atoms with Crippen LogP contribution in [0, 0.1) is 5.92 Å². The van der Waals surface area contributed by atoms with E-state index >= 15 is 0 Å². The molecule has 3 rings (SSSR count). The van der Waals surface area contributed by atoms with Gasteiger partial charge in [-0.3, -0.25) is 0 Å². The molecular formula is C15H21NO5S2. The van der Waals surface area contributed by atoms with E-state index in [0.717, 1.165) is 19.1 Å². The molecule has 0 unspecified atom stereocenters. The van der Waals surface area contributed by atoms with Gasteiger partial charge in [0, 0.05) is 19.3 Å². The Morgan fingerprint density at radius 2 is 1.48 bits per heavy atom. The van der Waals surface area contributed by atoms with Gasteiger partial charge in [-0.15, -0.1) is 0 Å². The topological polar surface area (TPSA) is 91.8 Å². The van der Waals surface area contributed by atoms with Crippen molar-refractivity contribution in [1.29, 1.82) is 0 Å². The van der Waals surface area contributed by atoms with Gasteiger partial charge in [0.2, 0.25) is 10.0 Å². The van der Waals surface area contributed by atoms with Gasteiger partial charge < -0.3 is 5.11 Å². The summed E-state index contributed by atoms with van der Waals surface area (Å²) < 4.78 is 49.6. The molecule has 0 aromatic heterocycles. The largest absolute Gasteiger partial charge is 0.390 e. The van der Waals surface area contributed by atoms with E-state index in [-0.39, 0.29) is 15.7 Å². The second-order valence-corrected chi connectivity index (χ2v) is 10.5. The molecule has 1 heterocycles. The maximum atomic E-state index is 12.6. The zero-order valence-corrected chi connectivity index (χ0v) is 14.6. The van der Waals surface area contributed by atoms with Gasteiger partial charge in [-0.25, -0.2) is 16.8 Å². The molecule has 6 nitrogen and oxygen atoms in total. The lowest BCUT2D eigenvalue weighted by Crippen LogP contribution is -2.41. The molecule has 0 spiro atoms. The number of nitrogens with zero attached hydrogens (tertiary/aromatic N) is 1. The highest BCUT2D eigenvalue weighted by molar-refractivity contribution is 7.90. The van der Waals surface area contributed by atoms with Crippen molar-refractivity contribution in [2.45, 2.75) is 41.1 Å². The summed E-state index contributed by atoms with van der Waals surface area (Å²) in [4.78, 5) is 0.208. The first-order valence-corrected chi connectivity index (χ1v) is 11.0. The summed E-state index contributed by atoms with van der Waals surface area (Å²) in [5, 5.41) is 10.1. The molecule has 1 saturated carbocycles. The fourth-order valence-corrected chi connectivity index (χ4v) is 5.28. The van der Waals surface area contributed by atoms with E-state index in [1.54, 1.807) is 0 Å². The van der Waals surface area contributed by atoms with Crippen molar-refractivity contribution >= 4 is 19.9 Å². The number of benzene rings is 1. The van der Waals surface area contributed by atoms with Crippen LogP contribution in [-0.4, -0.2) is 51.2 Å². The van der Waals surface area contributed by atoms with Gasteiger partial charge in [0.05, 0.1) is 15.4 Å². The Kier molecular flexibility index (Phi) is 4.07. The van der Waals surface area contributed by atoms with E-state index in [9.17, 15) is 21.9 Å². The lowest BCUT2D eigenvalue weighted by molar-refractivity contribution is 0.0534. The molecule has 2 fully saturated rings. The fourth-order valence-electron chi connectivity index (χ4n) is 3.18. The predicted molar refractivity (Wildman–Crippen MR) is 85.2 cm³/mol. The Bertz CT molecular complexity index is 787. The van der Waals surface area contributed by atoms with E-state index in [1.807, 2.05) is 0 Å². The molecule has 23 heavy (non-hydrogen) atoms. The van der Waals surface area contributed by atoms with Crippen LogP contribution in [0.3, 0.4) is 0 Å². The molecule has 0 amide bonds. The molecule has 1 N–H and O–H groups in total. The smallest absolute Gasteiger partial charge is 0.243 e. The van der Waals surface area contributed by atoms with Crippen LogP contribution in [0.5, 0.6) is 0 Å². The first kappa shape index (κ1) is 16.9. The van der Waals surface area contributed by atoms with Crippen molar-refractivity contribution in [2.24, 2.45) is 5.92 Å². The third-order valence-electron chi connectivity index (χ3n) is 4.87. The molecule has 0 bridgehead atoms. The summed E-state index contributed by atoms with van der Waals surface area (Å²) in [7, 11) is -6.96. The summed E-state index contributed by atoms with van der Waals surface area (Å²) in [6, 6.07) is 5.32. The van der Waals surface area contributed by atoms with Crippen LogP contribution in [0.4, 0.5) is 0 Å². The number of sulfone groups is 1. The maximum absolute atomic E-state index is 12.6.